The molecule has 2 aromatic heterocycles. The predicted octanol–water partition coefficient (Wildman–Crippen LogP) is 3.19. The topological polar surface area (TPSA) is 109 Å². The Balaban J connectivity index is 1.83. The van der Waals surface area contributed by atoms with E-state index in [-0.39, 0.29) is 41.9 Å². The zero-order valence-corrected chi connectivity index (χ0v) is 16.7. The Hall–Kier alpha value is -4.20. The standard InChI is InChI=1S/C21H17F3N4O4/c1-13(29)25-7-9-32-17-4-3-15(20-26-11-18(28-20)21(22,23)24)10-16(17)27-19(30)5-2-14-6-8-31-12-14/h3-4,6,8,10-12H,7,9H2,1H3,(H,25,29)(H,26,28)(H,27,30). The Morgan fingerprint density at radius 1 is 1.28 bits per heavy atom. The number of ether oxygens (including phenoxy) is 1. The van der Waals surface area contributed by atoms with Crippen LogP contribution in [-0.2, 0) is 15.8 Å². The Labute approximate surface area is 180 Å². The minimum Gasteiger partial charge on any atom is -0.490 e. The number of H-pyrrole nitrogens is 1. The van der Waals surface area contributed by atoms with Crippen molar-refractivity contribution in [2.75, 3.05) is 18.5 Å². The highest BCUT2D eigenvalue weighted by Crippen LogP contribution is 2.32. The number of aromatic amines is 1. The predicted molar refractivity (Wildman–Crippen MR) is 107 cm³/mol. The molecule has 0 bridgehead atoms. The summed E-state index contributed by atoms with van der Waals surface area (Å²) in [7, 11) is 0. The van der Waals surface area contributed by atoms with E-state index in [4.69, 9.17) is 9.15 Å². The molecule has 1 aromatic carbocycles. The van der Waals surface area contributed by atoms with Gasteiger partial charge in [0.15, 0.2) is 0 Å². The molecular weight excluding hydrogens is 429 g/mol. The van der Waals surface area contributed by atoms with E-state index in [1.54, 1.807) is 6.07 Å². The Kier molecular flexibility index (Phi) is 6.84. The zero-order valence-electron chi connectivity index (χ0n) is 16.7. The summed E-state index contributed by atoms with van der Waals surface area (Å²) in [4.78, 5) is 29.2. The smallest absolute Gasteiger partial charge is 0.432 e. The Morgan fingerprint density at radius 2 is 2.09 bits per heavy atom. The molecule has 11 heteroatoms. The molecular formula is C21H17F3N4O4. The van der Waals surface area contributed by atoms with Gasteiger partial charge in [0.1, 0.15) is 30.1 Å². The molecule has 0 spiro atoms. The number of hydrogen-bond donors (Lipinski definition) is 3. The van der Waals surface area contributed by atoms with Crippen LogP contribution >= 0.6 is 0 Å². The van der Waals surface area contributed by atoms with Gasteiger partial charge in [-0.25, -0.2) is 4.98 Å². The second kappa shape index (κ2) is 9.74. The first kappa shape index (κ1) is 22.5. The first-order valence-corrected chi connectivity index (χ1v) is 9.21. The van der Waals surface area contributed by atoms with E-state index < -0.39 is 17.8 Å². The van der Waals surface area contributed by atoms with E-state index in [9.17, 15) is 22.8 Å². The summed E-state index contributed by atoms with van der Waals surface area (Å²) in [6.45, 7) is 1.68. The second-order valence-electron chi connectivity index (χ2n) is 6.40. The van der Waals surface area contributed by atoms with Gasteiger partial charge >= 0.3 is 12.1 Å². The lowest BCUT2D eigenvalue weighted by Crippen LogP contribution is -2.25. The summed E-state index contributed by atoms with van der Waals surface area (Å²) in [6.07, 6.45) is -1.11. The minimum absolute atomic E-state index is 0.0397. The van der Waals surface area contributed by atoms with Gasteiger partial charge in [-0.05, 0) is 24.3 Å². The quantitative estimate of drug-likeness (QED) is 0.398. The number of nitrogens with zero attached hydrogens (tertiary/aromatic N) is 1. The van der Waals surface area contributed by atoms with E-state index in [1.165, 1.54) is 37.6 Å². The normalized spacial score (nSPS) is 10.8. The summed E-state index contributed by atoms with van der Waals surface area (Å²) in [6, 6.07) is 5.94. The van der Waals surface area contributed by atoms with Crippen molar-refractivity contribution in [2.24, 2.45) is 0 Å². The molecule has 8 nitrogen and oxygen atoms in total. The largest absolute Gasteiger partial charge is 0.490 e. The van der Waals surface area contributed by atoms with Crippen LogP contribution in [0.25, 0.3) is 11.4 Å². The van der Waals surface area contributed by atoms with Gasteiger partial charge in [-0.3, -0.25) is 9.59 Å². The van der Waals surface area contributed by atoms with E-state index in [2.05, 4.69) is 32.4 Å². The maximum atomic E-state index is 12.9. The van der Waals surface area contributed by atoms with Gasteiger partial charge in [0.05, 0.1) is 30.3 Å². The molecule has 0 saturated heterocycles. The van der Waals surface area contributed by atoms with Gasteiger partial charge in [-0.2, -0.15) is 13.2 Å². The van der Waals surface area contributed by atoms with Crippen LogP contribution < -0.4 is 15.4 Å². The number of hydrogen-bond acceptors (Lipinski definition) is 5. The molecule has 0 aliphatic carbocycles. The number of alkyl halides is 3. The van der Waals surface area contributed by atoms with Crippen LogP contribution in [0.3, 0.4) is 0 Å². The van der Waals surface area contributed by atoms with Crippen molar-refractivity contribution in [1.82, 2.24) is 15.3 Å². The lowest BCUT2D eigenvalue weighted by Gasteiger charge is -2.13. The van der Waals surface area contributed by atoms with Gasteiger partial charge in [0, 0.05) is 18.4 Å². The molecule has 2 heterocycles. The maximum absolute atomic E-state index is 12.9. The lowest BCUT2D eigenvalue weighted by atomic mass is 10.1. The molecule has 0 fully saturated rings. The van der Waals surface area contributed by atoms with Crippen molar-refractivity contribution >= 4 is 17.5 Å². The van der Waals surface area contributed by atoms with E-state index in [0.29, 0.717) is 11.8 Å². The number of amides is 2. The fourth-order valence-corrected chi connectivity index (χ4v) is 2.52. The molecule has 0 unspecified atom stereocenters. The monoisotopic (exact) mass is 446 g/mol. The first-order valence-electron chi connectivity index (χ1n) is 9.21. The van der Waals surface area contributed by atoms with E-state index in [1.807, 2.05) is 0 Å². The fraction of sp³-hybridized carbons (Fsp3) is 0.190. The van der Waals surface area contributed by atoms with Gasteiger partial charge in [-0.15, -0.1) is 0 Å². The zero-order chi connectivity index (χ0) is 23.1. The highest BCUT2D eigenvalue weighted by Gasteiger charge is 2.33. The van der Waals surface area contributed by atoms with Gasteiger partial charge in [0.25, 0.3) is 0 Å². The van der Waals surface area contributed by atoms with Crippen LogP contribution in [0.5, 0.6) is 5.75 Å². The summed E-state index contributed by atoms with van der Waals surface area (Å²) in [5.41, 5.74) is -0.0507. The molecule has 0 saturated carbocycles. The third kappa shape index (κ3) is 6.15. The number of halogens is 3. The molecule has 0 atom stereocenters. The fourth-order valence-electron chi connectivity index (χ4n) is 2.52. The number of anilines is 1. The maximum Gasteiger partial charge on any atom is 0.432 e. The highest BCUT2D eigenvalue weighted by atomic mass is 19.4. The second-order valence-corrected chi connectivity index (χ2v) is 6.40. The van der Waals surface area contributed by atoms with Crippen LogP contribution in [0.2, 0.25) is 0 Å². The van der Waals surface area contributed by atoms with Gasteiger partial charge in [-0.1, -0.05) is 5.92 Å². The number of aromatic nitrogens is 2. The van der Waals surface area contributed by atoms with Crippen molar-refractivity contribution in [1.29, 1.82) is 0 Å². The third-order valence-corrected chi connectivity index (χ3v) is 3.96. The molecule has 32 heavy (non-hydrogen) atoms. The van der Waals surface area contributed by atoms with Crippen LogP contribution in [0, 0.1) is 11.8 Å². The molecule has 3 rings (SSSR count). The van der Waals surface area contributed by atoms with Crippen LogP contribution in [0.4, 0.5) is 18.9 Å². The van der Waals surface area contributed by atoms with Gasteiger partial charge < -0.3 is 24.8 Å². The summed E-state index contributed by atoms with van der Waals surface area (Å²) < 4.78 is 49.0. The lowest BCUT2D eigenvalue weighted by molar-refractivity contribution is -0.140. The SMILES string of the molecule is CC(=O)NCCOc1ccc(-c2ncc(C(F)(F)F)[nH]2)cc1NC(=O)C#Cc1ccoc1. The number of nitrogens with one attached hydrogen (secondary N) is 3. The number of furan rings is 1. The van der Waals surface area contributed by atoms with Crippen molar-refractivity contribution in [3.63, 3.8) is 0 Å². The van der Waals surface area contributed by atoms with Crippen molar-refractivity contribution in [2.45, 2.75) is 13.1 Å². The molecule has 0 aliphatic heterocycles. The molecule has 0 aliphatic rings. The number of carbonyl (C=O) groups is 2. The number of imidazole rings is 1. The first-order chi connectivity index (χ1) is 15.2. The minimum atomic E-state index is -4.57. The highest BCUT2D eigenvalue weighted by molar-refractivity contribution is 6.05. The molecule has 3 aromatic rings. The number of benzene rings is 1. The summed E-state index contributed by atoms with van der Waals surface area (Å²) in [5.74, 6) is 4.28. The number of rotatable bonds is 6. The van der Waals surface area contributed by atoms with Crippen molar-refractivity contribution in [3.8, 4) is 29.0 Å². The van der Waals surface area contributed by atoms with Crippen molar-refractivity contribution < 1.29 is 31.9 Å². The Morgan fingerprint density at radius 3 is 2.75 bits per heavy atom. The third-order valence-electron chi connectivity index (χ3n) is 3.96. The summed E-state index contributed by atoms with van der Waals surface area (Å²) in [5, 5.41) is 5.11. The van der Waals surface area contributed by atoms with Crippen LogP contribution in [0.15, 0.2) is 47.4 Å². The average Bonchev–Trinajstić information content (AvgIpc) is 3.42. The Bertz CT molecular complexity index is 1160. The van der Waals surface area contributed by atoms with Crippen LogP contribution in [-0.4, -0.2) is 34.9 Å². The van der Waals surface area contributed by atoms with Crippen molar-refractivity contribution in [3.05, 3.63) is 54.2 Å². The van der Waals surface area contributed by atoms with Crippen LogP contribution in [0.1, 0.15) is 18.2 Å². The summed E-state index contributed by atoms with van der Waals surface area (Å²) >= 11 is 0. The van der Waals surface area contributed by atoms with Gasteiger partial charge in [0.2, 0.25) is 5.91 Å². The van der Waals surface area contributed by atoms with E-state index in [0.717, 1.165) is 0 Å². The molecule has 0 radical (unpaired) electrons. The molecule has 3 N–H and O–H groups in total. The molecule has 2 amide bonds. The molecule has 166 valence electrons. The van der Waals surface area contributed by atoms with E-state index >= 15 is 0 Å². The number of carbonyl (C=O) groups excluding carboxylic acids is 2. The average molecular weight is 446 g/mol.